The highest BCUT2D eigenvalue weighted by atomic mass is 19.1. The number of halogens is 1. The maximum absolute atomic E-state index is 13.6. The van der Waals surface area contributed by atoms with E-state index in [2.05, 4.69) is 10.3 Å². The van der Waals surface area contributed by atoms with Gasteiger partial charge in [0.25, 0.3) is 0 Å². The Morgan fingerprint density at radius 3 is 2.59 bits per heavy atom. The van der Waals surface area contributed by atoms with E-state index in [-0.39, 0.29) is 12.4 Å². The second-order valence-electron chi connectivity index (χ2n) is 7.75. The highest BCUT2D eigenvalue weighted by Gasteiger charge is 2.21. The van der Waals surface area contributed by atoms with E-state index < -0.39 is 6.23 Å². The lowest BCUT2D eigenvalue weighted by atomic mass is 10.0. The first-order valence-electron chi connectivity index (χ1n) is 10.4. The van der Waals surface area contributed by atoms with E-state index in [0.717, 1.165) is 22.2 Å². The van der Waals surface area contributed by atoms with Gasteiger partial charge in [-0.3, -0.25) is 4.90 Å². The number of nitrogens with zero attached hydrogens (tertiary/aromatic N) is 4. The molecular formula is C24H26FN5O2. The lowest BCUT2D eigenvalue weighted by Gasteiger charge is -2.19. The summed E-state index contributed by atoms with van der Waals surface area (Å²) in [6.45, 7) is 0.706. The minimum Gasteiger partial charge on any atom is -0.396 e. The molecule has 0 fully saturated rings. The van der Waals surface area contributed by atoms with Gasteiger partial charge in [-0.2, -0.15) is 5.10 Å². The molecule has 0 saturated carbocycles. The Morgan fingerprint density at radius 1 is 1.09 bits per heavy atom. The van der Waals surface area contributed by atoms with Crippen molar-refractivity contribution in [1.29, 1.82) is 0 Å². The molecule has 0 aliphatic carbocycles. The number of aliphatic hydroxyl groups is 2. The van der Waals surface area contributed by atoms with Gasteiger partial charge in [-0.05, 0) is 74.6 Å². The Balaban J connectivity index is 1.92. The number of rotatable bonds is 8. The minimum atomic E-state index is -0.847. The number of aliphatic hydroxyl groups excluding tert-OH is 2. The summed E-state index contributed by atoms with van der Waals surface area (Å²) < 4.78 is 15.3. The SMILES string of the molecule is CN(C)C(O)c1cccc2c(-c3ccnc(NCCCO)c3)c(-c3ccc(F)cc3)nn12. The van der Waals surface area contributed by atoms with Crippen molar-refractivity contribution in [2.45, 2.75) is 12.6 Å². The minimum absolute atomic E-state index is 0.104. The molecule has 0 bridgehead atoms. The Bertz CT molecular complexity index is 1210. The smallest absolute Gasteiger partial charge is 0.150 e. The molecule has 7 nitrogen and oxygen atoms in total. The third-order valence-electron chi connectivity index (χ3n) is 5.25. The molecule has 1 unspecified atom stereocenters. The van der Waals surface area contributed by atoms with Crippen molar-refractivity contribution in [3.63, 3.8) is 0 Å². The van der Waals surface area contributed by atoms with Crippen LogP contribution >= 0.6 is 0 Å². The molecule has 1 aromatic carbocycles. The van der Waals surface area contributed by atoms with Crippen molar-refractivity contribution in [1.82, 2.24) is 19.5 Å². The van der Waals surface area contributed by atoms with E-state index in [1.807, 2.05) is 30.3 Å². The van der Waals surface area contributed by atoms with Crippen LogP contribution in [0.5, 0.6) is 0 Å². The predicted octanol–water partition coefficient (Wildman–Crippen LogP) is 3.55. The van der Waals surface area contributed by atoms with Crippen LogP contribution in [0.3, 0.4) is 0 Å². The fourth-order valence-electron chi connectivity index (χ4n) is 3.62. The number of hydrogen-bond donors (Lipinski definition) is 3. The third-order valence-corrected chi connectivity index (χ3v) is 5.25. The summed E-state index contributed by atoms with van der Waals surface area (Å²) in [6.07, 6.45) is 1.49. The largest absolute Gasteiger partial charge is 0.396 e. The van der Waals surface area contributed by atoms with Crippen LogP contribution in [0.2, 0.25) is 0 Å². The van der Waals surface area contributed by atoms with E-state index in [9.17, 15) is 9.50 Å². The summed E-state index contributed by atoms with van der Waals surface area (Å²) in [5, 5.41) is 27.8. The molecule has 0 radical (unpaired) electrons. The molecule has 4 rings (SSSR count). The fourth-order valence-corrected chi connectivity index (χ4v) is 3.62. The molecule has 166 valence electrons. The maximum atomic E-state index is 13.6. The zero-order chi connectivity index (χ0) is 22.7. The molecule has 0 aliphatic rings. The number of nitrogens with one attached hydrogen (secondary N) is 1. The van der Waals surface area contributed by atoms with Crippen LogP contribution in [0.1, 0.15) is 18.3 Å². The fraction of sp³-hybridized carbons (Fsp3) is 0.250. The molecule has 3 aromatic heterocycles. The molecule has 0 saturated heterocycles. The van der Waals surface area contributed by atoms with Crippen LogP contribution in [0, 0.1) is 5.82 Å². The van der Waals surface area contributed by atoms with Gasteiger partial charge in [-0.15, -0.1) is 0 Å². The summed E-state index contributed by atoms with van der Waals surface area (Å²) in [7, 11) is 3.59. The van der Waals surface area contributed by atoms with Crippen molar-refractivity contribution in [3.8, 4) is 22.4 Å². The van der Waals surface area contributed by atoms with Crippen molar-refractivity contribution in [3.05, 3.63) is 72.3 Å². The first kappa shape index (κ1) is 21.9. The van der Waals surface area contributed by atoms with Crippen molar-refractivity contribution < 1.29 is 14.6 Å². The molecule has 3 heterocycles. The first-order chi connectivity index (χ1) is 15.5. The second kappa shape index (κ2) is 9.44. The molecule has 0 spiro atoms. The third kappa shape index (κ3) is 4.34. The number of aromatic nitrogens is 3. The summed E-state index contributed by atoms with van der Waals surface area (Å²) in [4.78, 5) is 6.07. The monoisotopic (exact) mass is 435 g/mol. The van der Waals surface area contributed by atoms with Crippen LogP contribution in [-0.4, -0.2) is 57.0 Å². The summed E-state index contributed by atoms with van der Waals surface area (Å²) in [5.41, 5.74) is 4.62. The highest BCUT2D eigenvalue weighted by molar-refractivity contribution is 5.92. The molecular weight excluding hydrogens is 409 g/mol. The average Bonchev–Trinajstić information content (AvgIpc) is 3.19. The van der Waals surface area contributed by atoms with E-state index in [1.165, 1.54) is 12.1 Å². The average molecular weight is 436 g/mol. The van der Waals surface area contributed by atoms with Crippen LogP contribution in [0.15, 0.2) is 60.8 Å². The Kier molecular flexibility index (Phi) is 6.45. The maximum Gasteiger partial charge on any atom is 0.150 e. The molecule has 8 heteroatoms. The number of anilines is 1. The topological polar surface area (TPSA) is 85.9 Å². The van der Waals surface area contributed by atoms with Gasteiger partial charge in [0.1, 0.15) is 23.6 Å². The van der Waals surface area contributed by atoms with Crippen molar-refractivity contribution in [2.75, 3.05) is 32.6 Å². The number of benzene rings is 1. The normalized spacial score (nSPS) is 12.4. The Hall–Kier alpha value is -3.33. The zero-order valence-corrected chi connectivity index (χ0v) is 18.0. The van der Waals surface area contributed by atoms with Crippen molar-refractivity contribution >= 4 is 11.3 Å². The first-order valence-corrected chi connectivity index (χ1v) is 10.4. The molecule has 32 heavy (non-hydrogen) atoms. The summed E-state index contributed by atoms with van der Waals surface area (Å²) in [6, 6.07) is 15.7. The van der Waals surface area contributed by atoms with Gasteiger partial charge in [0.15, 0.2) is 0 Å². The molecule has 3 N–H and O–H groups in total. The Labute approximate surface area is 185 Å². The van der Waals surface area contributed by atoms with Gasteiger partial charge in [-0.25, -0.2) is 13.9 Å². The number of fused-ring (bicyclic) bond motifs is 1. The lowest BCUT2D eigenvalue weighted by molar-refractivity contribution is 0.0340. The van der Waals surface area contributed by atoms with E-state index >= 15 is 0 Å². The van der Waals surface area contributed by atoms with E-state index in [4.69, 9.17) is 10.2 Å². The second-order valence-corrected chi connectivity index (χ2v) is 7.75. The van der Waals surface area contributed by atoms with Gasteiger partial charge in [-0.1, -0.05) is 6.07 Å². The lowest BCUT2D eigenvalue weighted by Crippen LogP contribution is -2.21. The van der Waals surface area contributed by atoms with Crippen LogP contribution in [-0.2, 0) is 0 Å². The highest BCUT2D eigenvalue weighted by Crippen LogP contribution is 2.37. The molecule has 1 atom stereocenters. The van der Waals surface area contributed by atoms with Gasteiger partial charge in [0.2, 0.25) is 0 Å². The van der Waals surface area contributed by atoms with Crippen LogP contribution in [0.4, 0.5) is 10.2 Å². The van der Waals surface area contributed by atoms with Gasteiger partial charge < -0.3 is 15.5 Å². The number of pyridine rings is 2. The predicted molar refractivity (Wildman–Crippen MR) is 123 cm³/mol. The van der Waals surface area contributed by atoms with E-state index in [0.29, 0.717) is 30.2 Å². The molecule has 0 aliphatic heterocycles. The molecule has 4 aromatic rings. The summed E-state index contributed by atoms with van der Waals surface area (Å²) >= 11 is 0. The summed E-state index contributed by atoms with van der Waals surface area (Å²) in [5.74, 6) is 0.368. The zero-order valence-electron chi connectivity index (χ0n) is 18.0. The van der Waals surface area contributed by atoms with Crippen LogP contribution in [0.25, 0.3) is 27.9 Å². The quantitative estimate of drug-likeness (QED) is 0.290. The Morgan fingerprint density at radius 2 is 1.88 bits per heavy atom. The molecule has 0 amide bonds. The van der Waals surface area contributed by atoms with E-state index in [1.54, 1.807) is 41.8 Å². The van der Waals surface area contributed by atoms with Gasteiger partial charge in [0, 0.05) is 30.5 Å². The van der Waals surface area contributed by atoms with Gasteiger partial charge >= 0.3 is 0 Å². The van der Waals surface area contributed by atoms with Crippen molar-refractivity contribution in [2.24, 2.45) is 0 Å². The van der Waals surface area contributed by atoms with Gasteiger partial charge in [0.05, 0.1) is 11.2 Å². The standard InChI is InChI=1S/C24H26FN5O2/c1-29(2)24(32)20-6-3-5-19-22(17-11-13-27-21(15-17)26-12-4-14-31)23(28-30(19)20)16-7-9-18(25)10-8-16/h3,5-11,13,15,24,31-32H,4,12,14H2,1-2H3,(H,26,27). The number of hydrogen-bond acceptors (Lipinski definition) is 6. The van der Waals surface area contributed by atoms with Crippen LogP contribution < -0.4 is 5.32 Å².